The van der Waals surface area contributed by atoms with Crippen LogP contribution in [0, 0.1) is 0 Å². The third kappa shape index (κ3) is 3.73. The summed E-state index contributed by atoms with van der Waals surface area (Å²) in [7, 11) is 0. The topological polar surface area (TPSA) is 40.5 Å². The normalized spacial score (nSPS) is 35.5. The van der Waals surface area contributed by atoms with Crippen LogP contribution in [-0.2, 0) is 0 Å². The molecule has 0 aromatic carbocycles. The van der Waals surface area contributed by atoms with E-state index in [-0.39, 0.29) is 12.2 Å². The molecule has 0 bridgehead atoms. The molecular weight excluding hydrogens is 140 g/mol. The van der Waals surface area contributed by atoms with Crippen LogP contribution in [0.5, 0.6) is 0 Å². The summed E-state index contributed by atoms with van der Waals surface area (Å²) in [6, 6.07) is 0. The smallest absolute Gasteiger partial charge is 0.0564 e. The van der Waals surface area contributed by atoms with E-state index in [4.69, 9.17) is 0 Å². The lowest BCUT2D eigenvalue weighted by Gasteiger charge is -2.12. The predicted molar refractivity (Wildman–Crippen MR) is 44.3 cm³/mol. The fourth-order valence-corrected chi connectivity index (χ4v) is 1.66. The van der Waals surface area contributed by atoms with Gasteiger partial charge in [0.25, 0.3) is 0 Å². The molecule has 0 spiro atoms. The van der Waals surface area contributed by atoms with Crippen LogP contribution in [0.3, 0.4) is 0 Å². The third-order valence-electron chi connectivity index (χ3n) is 2.37. The van der Waals surface area contributed by atoms with Gasteiger partial charge in [-0.1, -0.05) is 25.7 Å². The molecule has 0 saturated heterocycles. The van der Waals surface area contributed by atoms with E-state index in [9.17, 15) is 10.2 Å². The van der Waals surface area contributed by atoms with Gasteiger partial charge in [0.05, 0.1) is 12.2 Å². The molecule has 2 N–H and O–H groups in total. The molecule has 1 fully saturated rings. The van der Waals surface area contributed by atoms with Crippen molar-refractivity contribution in [3.8, 4) is 0 Å². The standard InChI is InChI=1S/C9H18O2/c10-8-5-3-1-2-4-6-9(11)7-8/h8-11H,1-7H2. The molecule has 66 valence electrons. The fraction of sp³-hybridized carbons (Fsp3) is 1.00. The van der Waals surface area contributed by atoms with E-state index in [2.05, 4.69) is 0 Å². The van der Waals surface area contributed by atoms with Gasteiger partial charge in [-0.15, -0.1) is 0 Å². The second-order valence-corrected chi connectivity index (χ2v) is 3.53. The molecule has 0 aromatic heterocycles. The first kappa shape index (κ1) is 9.01. The van der Waals surface area contributed by atoms with E-state index < -0.39 is 0 Å². The maximum atomic E-state index is 9.35. The van der Waals surface area contributed by atoms with E-state index in [1.165, 1.54) is 12.8 Å². The predicted octanol–water partition coefficient (Wildman–Crippen LogP) is 1.45. The number of aliphatic hydroxyl groups is 2. The molecule has 11 heavy (non-hydrogen) atoms. The van der Waals surface area contributed by atoms with Gasteiger partial charge in [0, 0.05) is 0 Å². The summed E-state index contributed by atoms with van der Waals surface area (Å²) in [5.74, 6) is 0. The van der Waals surface area contributed by atoms with Crippen molar-refractivity contribution in [2.75, 3.05) is 0 Å². The molecule has 2 unspecified atom stereocenters. The number of hydrogen-bond acceptors (Lipinski definition) is 2. The van der Waals surface area contributed by atoms with Crippen molar-refractivity contribution in [1.82, 2.24) is 0 Å². The van der Waals surface area contributed by atoms with Crippen LogP contribution in [0.4, 0.5) is 0 Å². The molecule has 2 atom stereocenters. The average molecular weight is 158 g/mol. The monoisotopic (exact) mass is 158 g/mol. The Balaban J connectivity index is 2.27. The van der Waals surface area contributed by atoms with Crippen LogP contribution >= 0.6 is 0 Å². The van der Waals surface area contributed by atoms with Crippen LogP contribution < -0.4 is 0 Å². The Morgan fingerprint density at radius 1 is 0.727 bits per heavy atom. The highest BCUT2D eigenvalue weighted by atomic mass is 16.3. The Bertz CT molecular complexity index is 91.7. The van der Waals surface area contributed by atoms with Gasteiger partial charge in [-0.05, 0) is 19.3 Å². The molecule has 0 aromatic rings. The van der Waals surface area contributed by atoms with Gasteiger partial charge in [0.15, 0.2) is 0 Å². The molecule has 2 heteroatoms. The largest absolute Gasteiger partial charge is 0.393 e. The van der Waals surface area contributed by atoms with E-state index in [0.29, 0.717) is 6.42 Å². The number of rotatable bonds is 0. The van der Waals surface area contributed by atoms with Gasteiger partial charge < -0.3 is 10.2 Å². The van der Waals surface area contributed by atoms with Crippen LogP contribution in [0.25, 0.3) is 0 Å². The Hall–Kier alpha value is -0.0800. The highest BCUT2D eigenvalue weighted by Crippen LogP contribution is 2.17. The lowest BCUT2D eigenvalue weighted by molar-refractivity contribution is 0.0724. The van der Waals surface area contributed by atoms with Crippen molar-refractivity contribution >= 4 is 0 Å². The van der Waals surface area contributed by atoms with Crippen LogP contribution in [0.1, 0.15) is 44.9 Å². The Morgan fingerprint density at radius 2 is 1.18 bits per heavy atom. The molecule has 0 amide bonds. The maximum absolute atomic E-state index is 9.35. The minimum atomic E-state index is -0.261. The van der Waals surface area contributed by atoms with Crippen LogP contribution in [-0.4, -0.2) is 22.4 Å². The second-order valence-electron chi connectivity index (χ2n) is 3.53. The lowest BCUT2D eigenvalue weighted by atomic mass is 10.1. The first-order valence-corrected chi connectivity index (χ1v) is 4.65. The first-order valence-electron chi connectivity index (χ1n) is 4.65. The highest BCUT2D eigenvalue weighted by molar-refractivity contribution is 4.66. The summed E-state index contributed by atoms with van der Waals surface area (Å²) in [5.41, 5.74) is 0. The van der Waals surface area contributed by atoms with E-state index in [1.54, 1.807) is 0 Å². The molecule has 0 aliphatic heterocycles. The van der Waals surface area contributed by atoms with Crippen molar-refractivity contribution in [3.05, 3.63) is 0 Å². The molecule has 1 rings (SSSR count). The Labute approximate surface area is 68.2 Å². The van der Waals surface area contributed by atoms with Gasteiger partial charge in [-0.3, -0.25) is 0 Å². The van der Waals surface area contributed by atoms with Gasteiger partial charge >= 0.3 is 0 Å². The molecule has 2 nitrogen and oxygen atoms in total. The van der Waals surface area contributed by atoms with E-state index in [0.717, 1.165) is 25.7 Å². The summed E-state index contributed by atoms with van der Waals surface area (Å²) in [6.07, 6.45) is 6.47. The summed E-state index contributed by atoms with van der Waals surface area (Å²) < 4.78 is 0. The van der Waals surface area contributed by atoms with E-state index in [1.807, 2.05) is 0 Å². The van der Waals surface area contributed by atoms with Crippen molar-refractivity contribution < 1.29 is 10.2 Å². The van der Waals surface area contributed by atoms with Gasteiger partial charge in [-0.25, -0.2) is 0 Å². The summed E-state index contributed by atoms with van der Waals surface area (Å²) in [5, 5.41) is 18.7. The number of hydrogen-bond donors (Lipinski definition) is 2. The molecule has 0 radical (unpaired) electrons. The van der Waals surface area contributed by atoms with E-state index >= 15 is 0 Å². The molecule has 1 aliphatic rings. The Kier molecular flexibility index (Phi) is 3.87. The van der Waals surface area contributed by atoms with Gasteiger partial charge in [-0.2, -0.15) is 0 Å². The SMILES string of the molecule is OC1CCCCCCC(O)C1. The van der Waals surface area contributed by atoms with Crippen molar-refractivity contribution in [2.24, 2.45) is 0 Å². The Morgan fingerprint density at radius 3 is 1.64 bits per heavy atom. The van der Waals surface area contributed by atoms with Crippen LogP contribution in [0.15, 0.2) is 0 Å². The summed E-state index contributed by atoms with van der Waals surface area (Å²) in [4.78, 5) is 0. The zero-order chi connectivity index (χ0) is 8.10. The first-order chi connectivity index (χ1) is 5.29. The van der Waals surface area contributed by atoms with Gasteiger partial charge in [0.2, 0.25) is 0 Å². The van der Waals surface area contributed by atoms with Crippen molar-refractivity contribution in [3.63, 3.8) is 0 Å². The zero-order valence-corrected chi connectivity index (χ0v) is 7.00. The fourth-order valence-electron chi connectivity index (χ4n) is 1.66. The van der Waals surface area contributed by atoms with Crippen LogP contribution in [0.2, 0.25) is 0 Å². The zero-order valence-electron chi connectivity index (χ0n) is 7.00. The summed E-state index contributed by atoms with van der Waals surface area (Å²) in [6.45, 7) is 0. The third-order valence-corrected chi connectivity index (χ3v) is 2.37. The van der Waals surface area contributed by atoms with Crippen molar-refractivity contribution in [1.29, 1.82) is 0 Å². The molecule has 1 saturated carbocycles. The second kappa shape index (κ2) is 4.73. The maximum Gasteiger partial charge on any atom is 0.0564 e. The minimum absolute atomic E-state index is 0.261. The van der Waals surface area contributed by atoms with Gasteiger partial charge in [0.1, 0.15) is 0 Å². The summed E-state index contributed by atoms with van der Waals surface area (Å²) >= 11 is 0. The number of aliphatic hydroxyl groups excluding tert-OH is 2. The van der Waals surface area contributed by atoms with Crippen molar-refractivity contribution in [2.45, 2.75) is 57.2 Å². The highest BCUT2D eigenvalue weighted by Gasteiger charge is 2.13. The molecular formula is C9H18O2. The molecule has 1 aliphatic carbocycles. The average Bonchev–Trinajstić information content (AvgIpc) is 2.02. The quantitative estimate of drug-likeness (QED) is 0.560. The molecule has 0 heterocycles. The lowest BCUT2D eigenvalue weighted by Crippen LogP contribution is -2.16. The minimum Gasteiger partial charge on any atom is -0.393 e.